The third kappa shape index (κ3) is 5.98. The van der Waals surface area contributed by atoms with Gasteiger partial charge < -0.3 is 14.8 Å². The number of hydrogen-bond donors (Lipinski definition) is 1. The molecule has 134 valence electrons. The number of methoxy groups -OCH3 is 1. The third-order valence-corrected chi connectivity index (χ3v) is 4.51. The van der Waals surface area contributed by atoms with Crippen molar-refractivity contribution in [1.29, 1.82) is 0 Å². The molecular weight excluding hydrogens is 341 g/mol. The van der Waals surface area contributed by atoms with Crippen LogP contribution in [-0.4, -0.2) is 31.4 Å². The summed E-state index contributed by atoms with van der Waals surface area (Å²) in [6.07, 6.45) is -0.632. The maximum atomic E-state index is 13.5. The van der Waals surface area contributed by atoms with Crippen LogP contribution in [0.25, 0.3) is 0 Å². The van der Waals surface area contributed by atoms with Gasteiger partial charge in [-0.15, -0.1) is 0 Å². The van der Waals surface area contributed by atoms with Gasteiger partial charge in [-0.1, -0.05) is 30.3 Å². The van der Waals surface area contributed by atoms with E-state index in [1.54, 1.807) is 50.1 Å². The minimum Gasteiger partial charge on any atom is -0.493 e. The smallest absolute Gasteiger partial charge is 0.260 e. The molecule has 0 aromatic heterocycles. The minimum atomic E-state index is -0.632. The van der Waals surface area contributed by atoms with Crippen molar-refractivity contribution in [2.45, 2.75) is 18.8 Å². The van der Waals surface area contributed by atoms with E-state index in [2.05, 4.69) is 5.32 Å². The van der Waals surface area contributed by atoms with Gasteiger partial charge in [-0.3, -0.25) is 4.79 Å². The second-order valence-electron chi connectivity index (χ2n) is 5.35. The summed E-state index contributed by atoms with van der Waals surface area (Å²) in [5.74, 6) is 2.00. The highest BCUT2D eigenvalue weighted by Crippen LogP contribution is 2.26. The van der Waals surface area contributed by atoms with E-state index in [0.717, 1.165) is 0 Å². The summed E-state index contributed by atoms with van der Waals surface area (Å²) in [5, 5.41) is 2.82. The third-order valence-electron chi connectivity index (χ3n) is 3.50. The second-order valence-corrected chi connectivity index (χ2v) is 6.45. The molecule has 4 nitrogen and oxygen atoms in total. The molecule has 0 heterocycles. The summed E-state index contributed by atoms with van der Waals surface area (Å²) in [5.41, 5.74) is 0.673. The molecule has 0 saturated heterocycles. The largest absolute Gasteiger partial charge is 0.493 e. The van der Waals surface area contributed by atoms with Gasteiger partial charge in [-0.05, 0) is 30.7 Å². The zero-order chi connectivity index (χ0) is 18.1. The topological polar surface area (TPSA) is 47.6 Å². The minimum absolute atomic E-state index is 0.196. The number of amides is 1. The number of hydrogen-bond acceptors (Lipinski definition) is 4. The molecule has 0 bridgehead atoms. The van der Waals surface area contributed by atoms with Crippen LogP contribution in [0.4, 0.5) is 4.39 Å². The molecule has 2 rings (SSSR count). The Kier molecular flexibility index (Phi) is 7.60. The molecule has 0 spiro atoms. The van der Waals surface area contributed by atoms with Gasteiger partial charge in [0.05, 0.1) is 7.11 Å². The average Bonchev–Trinajstić information content (AvgIpc) is 2.63. The zero-order valence-electron chi connectivity index (χ0n) is 14.3. The van der Waals surface area contributed by atoms with Crippen molar-refractivity contribution in [1.82, 2.24) is 5.32 Å². The highest BCUT2D eigenvalue weighted by atomic mass is 32.2. The number of ether oxygens (including phenoxy) is 2. The van der Waals surface area contributed by atoms with Gasteiger partial charge in [0.1, 0.15) is 5.82 Å². The quantitative estimate of drug-likeness (QED) is 0.691. The fourth-order valence-corrected chi connectivity index (χ4v) is 2.99. The molecule has 1 amide bonds. The number of carbonyl (C=O) groups is 1. The monoisotopic (exact) mass is 363 g/mol. The molecule has 25 heavy (non-hydrogen) atoms. The molecule has 0 saturated carbocycles. The van der Waals surface area contributed by atoms with E-state index in [4.69, 9.17) is 9.47 Å². The first-order valence-electron chi connectivity index (χ1n) is 8.00. The van der Waals surface area contributed by atoms with Gasteiger partial charge in [0.15, 0.2) is 17.6 Å². The Balaban J connectivity index is 1.70. The zero-order valence-corrected chi connectivity index (χ0v) is 15.1. The molecule has 0 aliphatic carbocycles. The summed E-state index contributed by atoms with van der Waals surface area (Å²) in [7, 11) is 1.56. The molecule has 1 atom stereocenters. The van der Waals surface area contributed by atoms with Crippen LogP contribution in [0.2, 0.25) is 0 Å². The lowest BCUT2D eigenvalue weighted by atomic mass is 10.2. The van der Waals surface area contributed by atoms with Crippen LogP contribution >= 0.6 is 11.8 Å². The molecule has 0 radical (unpaired) electrons. The molecule has 0 aliphatic heterocycles. The number of rotatable bonds is 9. The molecule has 2 aromatic rings. The SMILES string of the molecule is COc1ccccc1OC(C)C(=O)NCCSCc1ccccc1F. The van der Waals surface area contributed by atoms with Crippen molar-refractivity contribution in [3.63, 3.8) is 0 Å². The van der Waals surface area contributed by atoms with E-state index in [-0.39, 0.29) is 11.7 Å². The number of benzene rings is 2. The van der Waals surface area contributed by atoms with E-state index in [1.807, 2.05) is 18.2 Å². The summed E-state index contributed by atoms with van der Waals surface area (Å²) < 4.78 is 24.3. The van der Waals surface area contributed by atoms with Crippen molar-refractivity contribution >= 4 is 17.7 Å². The maximum absolute atomic E-state index is 13.5. The van der Waals surface area contributed by atoms with Crippen LogP contribution in [0.3, 0.4) is 0 Å². The molecule has 0 aliphatic rings. The Morgan fingerprint density at radius 1 is 1.16 bits per heavy atom. The molecule has 1 N–H and O–H groups in total. The first-order valence-corrected chi connectivity index (χ1v) is 9.16. The predicted octanol–water partition coefficient (Wildman–Crippen LogP) is 3.65. The normalized spacial score (nSPS) is 11.6. The first-order chi connectivity index (χ1) is 12.1. The predicted molar refractivity (Wildman–Crippen MR) is 98.7 cm³/mol. The van der Waals surface area contributed by atoms with Gasteiger partial charge in [0, 0.05) is 18.1 Å². The standard InChI is InChI=1S/C19H22FNO3S/c1-14(24-18-10-6-5-9-17(18)23-2)19(22)21-11-12-25-13-15-7-3-4-8-16(15)20/h3-10,14H,11-13H2,1-2H3,(H,21,22). The van der Waals surface area contributed by atoms with Gasteiger partial charge in [-0.25, -0.2) is 4.39 Å². The van der Waals surface area contributed by atoms with Crippen molar-refractivity contribution < 1.29 is 18.7 Å². The number of carbonyl (C=O) groups excluding carboxylic acids is 1. The van der Waals surface area contributed by atoms with Crippen LogP contribution in [0.15, 0.2) is 48.5 Å². The van der Waals surface area contributed by atoms with Gasteiger partial charge in [0.25, 0.3) is 5.91 Å². The lowest BCUT2D eigenvalue weighted by Gasteiger charge is -2.16. The summed E-state index contributed by atoms with van der Waals surface area (Å²) in [6.45, 7) is 2.19. The van der Waals surface area contributed by atoms with Crippen molar-refractivity contribution in [2.24, 2.45) is 0 Å². The summed E-state index contributed by atoms with van der Waals surface area (Å²) in [6, 6.07) is 13.9. The number of nitrogens with one attached hydrogen (secondary N) is 1. The number of para-hydroxylation sites is 2. The Bertz CT molecular complexity index is 696. The lowest BCUT2D eigenvalue weighted by molar-refractivity contribution is -0.127. The van der Waals surface area contributed by atoms with Gasteiger partial charge in [0.2, 0.25) is 0 Å². The fraction of sp³-hybridized carbons (Fsp3) is 0.316. The first kappa shape index (κ1) is 19.1. The van der Waals surface area contributed by atoms with Crippen molar-refractivity contribution in [3.8, 4) is 11.5 Å². The number of halogens is 1. The average molecular weight is 363 g/mol. The molecular formula is C19H22FNO3S. The summed E-state index contributed by atoms with van der Waals surface area (Å²) in [4.78, 5) is 12.1. The van der Waals surface area contributed by atoms with Crippen LogP contribution in [0.1, 0.15) is 12.5 Å². The molecule has 6 heteroatoms. The van der Waals surface area contributed by atoms with E-state index >= 15 is 0 Å². The highest BCUT2D eigenvalue weighted by molar-refractivity contribution is 7.98. The molecule has 0 fully saturated rings. The molecule has 1 unspecified atom stereocenters. The van der Waals surface area contributed by atoms with E-state index in [9.17, 15) is 9.18 Å². The Hall–Kier alpha value is -2.21. The van der Waals surface area contributed by atoms with Crippen LogP contribution in [0.5, 0.6) is 11.5 Å². The Labute approximate surface area is 151 Å². The van der Waals surface area contributed by atoms with Crippen molar-refractivity contribution in [2.75, 3.05) is 19.4 Å². The Morgan fingerprint density at radius 2 is 1.84 bits per heavy atom. The van der Waals surface area contributed by atoms with E-state index in [1.165, 1.54) is 6.07 Å². The van der Waals surface area contributed by atoms with E-state index < -0.39 is 6.10 Å². The molecule has 2 aromatic carbocycles. The van der Waals surface area contributed by atoms with Crippen LogP contribution in [0, 0.1) is 5.82 Å². The number of thioether (sulfide) groups is 1. The highest BCUT2D eigenvalue weighted by Gasteiger charge is 2.16. The fourth-order valence-electron chi connectivity index (χ4n) is 2.15. The maximum Gasteiger partial charge on any atom is 0.260 e. The van der Waals surface area contributed by atoms with Crippen LogP contribution < -0.4 is 14.8 Å². The van der Waals surface area contributed by atoms with Gasteiger partial charge in [-0.2, -0.15) is 11.8 Å². The summed E-state index contributed by atoms with van der Waals surface area (Å²) >= 11 is 1.57. The Morgan fingerprint density at radius 3 is 2.56 bits per heavy atom. The van der Waals surface area contributed by atoms with Crippen molar-refractivity contribution in [3.05, 3.63) is 59.9 Å². The van der Waals surface area contributed by atoms with Gasteiger partial charge >= 0.3 is 0 Å². The van der Waals surface area contributed by atoms with Crippen LogP contribution in [-0.2, 0) is 10.5 Å². The lowest BCUT2D eigenvalue weighted by Crippen LogP contribution is -2.37. The second kappa shape index (κ2) is 9.93. The van der Waals surface area contributed by atoms with E-state index in [0.29, 0.717) is 35.1 Å².